The van der Waals surface area contributed by atoms with Crippen LogP contribution in [0.5, 0.6) is 0 Å². The third-order valence-electron chi connectivity index (χ3n) is 2.08. The third kappa shape index (κ3) is 2.66. The van der Waals surface area contributed by atoms with E-state index in [-0.39, 0.29) is 12.3 Å². The lowest BCUT2D eigenvalue weighted by atomic mass is 10.2. The van der Waals surface area contributed by atoms with E-state index in [1.54, 1.807) is 0 Å². The Hall–Kier alpha value is -2.18. The van der Waals surface area contributed by atoms with Crippen molar-refractivity contribution < 1.29 is 24.3 Å². The van der Waals surface area contributed by atoms with Crippen molar-refractivity contribution in [3.05, 3.63) is 12.2 Å². The molecule has 1 saturated heterocycles. The van der Waals surface area contributed by atoms with Crippen molar-refractivity contribution in [3.8, 4) is 0 Å². The van der Waals surface area contributed by atoms with Gasteiger partial charge in [-0.05, 0) is 0 Å². The number of likely N-dealkylation sites (N-methyl/N-ethyl adjacent to an activating group) is 1. The van der Waals surface area contributed by atoms with Crippen LogP contribution in [0, 0.1) is 0 Å². The van der Waals surface area contributed by atoms with Gasteiger partial charge in [-0.25, -0.2) is 4.79 Å². The van der Waals surface area contributed by atoms with Crippen molar-refractivity contribution in [2.45, 2.75) is 12.5 Å². The summed E-state index contributed by atoms with van der Waals surface area (Å²) in [6.07, 6.45) is 1.35. The van der Waals surface area contributed by atoms with Crippen molar-refractivity contribution in [3.63, 3.8) is 0 Å². The van der Waals surface area contributed by atoms with Crippen LogP contribution < -0.4 is 5.32 Å². The summed E-state index contributed by atoms with van der Waals surface area (Å²) in [4.78, 5) is 44.6. The smallest absolute Gasteiger partial charge is 0.328 e. The van der Waals surface area contributed by atoms with E-state index in [1.165, 1.54) is 7.05 Å². The van der Waals surface area contributed by atoms with Crippen LogP contribution >= 0.6 is 0 Å². The largest absolute Gasteiger partial charge is 0.478 e. The SMILES string of the molecule is CN1C(=O)CC(NC(=O)C=CC(=O)O)C1=O. The fourth-order valence-electron chi connectivity index (χ4n) is 1.24. The van der Waals surface area contributed by atoms with Crippen molar-refractivity contribution in [1.82, 2.24) is 10.2 Å². The summed E-state index contributed by atoms with van der Waals surface area (Å²) in [7, 11) is 1.32. The first-order valence-electron chi connectivity index (χ1n) is 4.43. The van der Waals surface area contributed by atoms with Gasteiger partial charge in [0, 0.05) is 19.2 Å². The Balaban J connectivity index is 2.56. The number of hydrogen-bond donors (Lipinski definition) is 2. The summed E-state index contributed by atoms with van der Waals surface area (Å²) in [6, 6.07) is -0.900. The predicted octanol–water partition coefficient (Wildman–Crippen LogP) is -1.50. The molecule has 1 aliphatic heterocycles. The Morgan fingerprint density at radius 1 is 1.44 bits per heavy atom. The fraction of sp³-hybridized carbons (Fsp3) is 0.333. The molecule has 0 saturated carbocycles. The fourth-order valence-corrected chi connectivity index (χ4v) is 1.24. The third-order valence-corrected chi connectivity index (χ3v) is 2.08. The molecular weight excluding hydrogens is 216 g/mol. The minimum absolute atomic E-state index is 0.0953. The van der Waals surface area contributed by atoms with Gasteiger partial charge in [0.1, 0.15) is 6.04 Å². The highest BCUT2D eigenvalue weighted by atomic mass is 16.4. The number of likely N-dealkylation sites (tertiary alicyclic amines) is 1. The summed E-state index contributed by atoms with van der Waals surface area (Å²) >= 11 is 0. The normalized spacial score (nSPS) is 20.6. The monoisotopic (exact) mass is 226 g/mol. The van der Waals surface area contributed by atoms with Gasteiger partial charge in [-0.15, -0.1) is 0 Å². The van der Waals surface area contributed by atoms with E-state index in [1.807, 2.05) is 0 Å². The number of carboxylic acid groups (broad SMARTS) is 1. The Morgan fingerprint density at radius 2 is 2.06 bits per heavy atom. The van der Waals surface area contributed by atoms with Crippen molar-refractivity contribution >= 4 is 23.7 Å². The molecule has 0 aromatic carbocycles. The maximum Gasteiger partial charge on any atom is 0.328 e. The number of nitrogens with one attached hydrogen (secondary N) is 1. The van der Waals surface area contributed by atoms with Crippen LogP contribution in [0.2, 0.25) is 0 Å². The second kappa shape index (κ2) is 4.56. The molecule has 16 heavy (non-hydrogen) atoms. The summed E-state index contributed by atoms with van der Waals surface area (Å²) in [5, 5.41) is 10.5. The molecule has 0 aromatic heterocycles. The van der Waals surface area contributed by atoms with Crippen LogP contribution in [-0.2, 0) is 19.2 Å². The second-order valence-electron chi connectivity index (χ2n) is 3.23. The zero-order valence-corrected chi connectivity index (χ0v) is 8.47. The minimum Gasteiger partial charge on any atom is -0.478 e. The molecule has 3 amide bonds. The topological polar surface area (TPSA) is 104 Å². The molecule has 0 radical (unpaired) electrons. The van der Waals surface area contributed by atoms with Gasteiger partial charge in [-0.1, -0.05) is 0 Å². The van der Waals surface area contributed by atoms with Crippen molar-refractivity contribution in [2.75, 3.05) is 7.05 Å². The number of hydrogen-bond acceptors (Lipinski definition) is 4. The van der Waals surface area contributed by atoms with Gasteiger partial charge in [0.05, 0.1) is 6.42 Å². The Kier molecular flexibility index (Phi) is 3.39. The average molecular weight is 226 g/mol. The van der Waals surface area contributed by atoms with Crippen molar-refractivity contribution in [2.24, 2.45) is 0 Å². The Bertz CT molecular complexity index is 387. The molecule has 1 rings (SSSR count). The number of carbonyl (C=O) groups excluding carboxylic acids is 3. The van der Waals surface area contributed by atoms with Gasteiger partial charge in [-0.2, -0.15) is 0 Å². The molecule has 0 aliphatic carbocycles. The number of carboxylic acids is 1. The molecule has 2 N–H and O–H groups in total. The molecule has 0 spiro atoms. The van der Waals surface area contributed by atoms with Gasteiger partial charge >= 0.3 is 5.97 Å². The molecule has 1 atom stereocenters. The molecule has 1 unspecified atom stereocenters. The number of amides is 3. The highest BCUT2D eigenvalue weighted by Crippen LogP contribution is 2.10. The first-order chi connectivity index (χ1) is 7.41. The summed E-state index contributed by atoms with van der Waals surface area (Å²) in [5.41, 5.74) is 0. The minimum atomic E-state index is -1.26. The van der Waals surface area contributed by atoms with E-state index < -0.39 is 23.8 Å². The zero-order valence-electron chi connectivity index (χ0n) is 8.47. The maximum absolute atomic E-state index is 11.3. The molecule has 0 bridgehead atoms. The molecule has 86 valence electrons. The maximum atomic E-state index is 11.3. The lowest BCUT2D eigenvalue weighted by Crippen LogP contribution is -2.39. The number of imide groups is 1. The van der Waals surface area contributed by atoms with Crippen LogP contribution in [-0.4, -0.2) is 46.8 Å². The molecule has 7 heteroatoms. The lowest BCUT2D eigenvalue weighted by Gasteiger charge is -2.08. The van der Waals surface area contributed by atoms with E-state index >= 15 is 0 Å². The van der Waals surface area contributed by atoms with E-state index in [9.17, 15) is 19.2 Å². The van der Waals surface area contributed by atoms with Crippen LogP contribution in [0.3, 0.4) is 0 Å². The quantitative estimate of drug-likeness (QED) is 0.450. The molecule has 7 nitrogen and oxygen atoms in total. The Morgan fingerprint density at radius 3 is 2.50 bits per heavy atom. The zero-order chi connectivity index (χ0) is 12.3. The van der Waals surface area contributed by atoms with E-state index in [0.717, 1.165) is 11.0 Å². The predicted molar refractivity (Wildman–Crippen MR) is 51.1 cm³/mol. The van der Waals surface area contributed by atoms with Gasteiger partial charge in [0.25, 0.3) is 5.91 Å². The van der Waals surface area contributed by atoms with Crippen LogP contribution in [0.1, 0.15) is 6.42 Å². The molecule has 0 aromatic rings. The standard InChI is InChI=1S/C9H10N2O5/c1-11-7(13)4-5(9(11)16)10-6(12)2-3-8(14)15/h2-3,5H,4H2,1H3,(H,10,12)(H,14,15). The van der Waals surface area contributed by atoms with Crippen LogP contribution in [0.25, 0.3) is 0 Å². The first-order valence-corrected chi connectivity index (χ1v) is 4.43. The second-order valence-corrected chi connectivity index (χ2v) is 3.23. The highest BCUT2D eigenvalue weighted by Gasteiger charge is 2.36. The van der Waals surface area contributed by atoms with Crippen LogP contribution in [0.15, 0.2) is 12.2 Å². The number of nitrogens with zero attached hydrogens (tertiary/aromatic N) is 1. The van der Waals surface area contributed by atoms with E-state index in [2.05, 4.69) is 5.32 Å². The summed E-state index contributed by atoms with van der Waals surface area (Å²) < 4.78 is 0. The molecule has 1 heterocycles. The molecule has 1 fully saturated rings. The van der Waals surface area contributed by atoms with Crippen LogP contribution in [0.4, 0.5) is 0 Å². The average Bonchev–Trinajstić information content (AvgIpc) is 2.43. The van der Waals surface area contributed by atoms with Gasteiger partial charge < -0.3 is 10.4 Å². The first kappa shape index (κ1) is 11.9. The Labute approximate surface area is 90.7 Å². The lowest BCUT2D eigenvalue weighted by molar-refractivity contribution is -0.137. The highest BCUT2D eigenvalue weighted by molar-refractivity contribution is 6.07. The van der Waals surface area contributed by atoms with E-state index in [4.69, 9.17) is 5.11 Å². The van der Waals surface area contributed by atoms with E-state index in [0.29, 0.717) is 6.08 Å². The number of carbonyl (C=O) groups is 4. The number of aliphatic carboxylic acids is 1. The molecule has 1 aliphatic rings. The van der Waals surface area contributed by atoms with Gasteiger partial charge in [0.2, 0.25) is 11.8 Å². The number of rotatable bonds is 3. The van der Waals surface area contributed by atoms with Crippen molar-refractivity contribution in [1.29, 1.82) is 0 Å². The summed E-state index contributed by atoms with van der Waals surface area (Å²) in [5.74, 6) is -2.86. The summed E-state index contributed by atoms with van der Waals surface area (Å²) in [6.45, 7) is 0. The molecular formula is C9H10N2O5. The van der Waals surface area contributed by atoms with Gasteiger partial charge in [-0.3, -0.25) is 19.3 Å². The van der Waals surface area contributed by atoms with Gasteiger partial charge in [0.15, 0.2) is 0 Å².